The first-order valence-electron chi connectivity index (χ1n) is 4.63. The van der Waals surface area contributed by atoms with Crippen LogP contribution < -0.4 is 0 Å². The minimum Gasteiger partial charge on any atom is -0.289 e. The fraction of sp³-hybridized carbons (Fsp3) is 0.250. The van der Waals surface area contributed by atoms with Crippen LogP contribution in [0.25, 0.3) is 6.08 Å². The zero-order valence-corrected chi connectivity index (χ0v) is 7.83. The van der Waals surface area contributed by atoms with E-state index in [9.17, 15) is 0 Å². The van der Waals surface area contributed by atoms with Gasteiger partial charge in [-0.05, 0) is 30.6 Å². The van der Waals surface area contributed by atoms with Crippen LogP contribution in [0.1, 0.15) is 18.9 Å². The molecule has 0 amide bonds. The molecule has 0 atom stereocenters. The SMILES string of the molecule is CC1=NCC/C1=C/c1ccccc1. The lowest BCUT2D eigenvalue weighted by Crippen LogP contribution is -1.88. The van der Waals surface area contributed by atoms with E-state index in [0.29, 0.717) is 0 Å². The molecule has 0 spiro atoms. The molecular weight excluding hydrogens is 158 g/mol. The van der Waals surface area contributed by atoms with Gasteiger partial charge in [-0.3, -0.25) is 4.99 Å². The number of benzene rings is 1. The molecule has 1 heteroatoms. The molecule has 1 heterocycles. The molecular formula is C12H13N. The Labute approximate surface area is 78.8 Å². The summed E-state index contributed by atoms with van der Waals surface area (Å²) >= 11 is 0. The van der Waals surface area contributed by atoms with Crippen LogP contribution in [0.2, 0.25) is 0 Å². The summed E-state index contributed by atoms with van der Waals surface area (Å²) < 4.78 is 0. The molecule has 0 fully saturated rings. The molecule has 0 bridgehead atoms. The maximum atomic E-state index is 4.36. The summed E-state index contributed by atoms with van der Waals surface area (Å²) in [4.78, 5) is 4.36. The van der Waals surface area contributed by atoms with Crippen molar-refractivity contribution in [3.8, 4) is 0 Å². The van der Waals surface area contributed by atoms with Crippen LogP contribution in [0.3, 0.4) is 0 Å². The molecule has 1 aromatic carbocycles. The van der Waals surface area contributed by atoms with Crippen molar-refractivity contribution in [2.24, 2.45) is 4.99 Å². The van der Waals surface area contributed by atoms with Gasteiger partial charge in [-0.25, -0.2) is 0 Å². The van der Waals surface area contributed by atoms with Crippen molar-refractivity contribution >= 4 is 11.8 Å². The van der Waals surface area contributed by atoms with E-state index in [-0.39, 0.29) is 0 Å². The molecule has 0 aromatic heterocycles. The molecule has 66 valence electrons. The predicted octanol–water partition coefficient (Wildman–Crippen LogP) is 2.93. The van der Waals surface area contributed by atoms with Gasteiger partial charge in [0.05, 0.1) is 0 Å². The number of rotatable bonds is 1. The van der Waals surface area contributed by atoms with Crippen LogP contribution in [0.15, 0.2) is 40.9 Å². The summed E-state index contributed by atoms with van der Waals surface area (Å²) in [6.07, 6.45) is 3.33. The predicted molar refractivity (Wildman–Crippen MR) is 57.0 cm³/mol. The van der Waals surface area contributed by atoms with Crippen molar-refractivity contribution in [3.05, 3.63) is 41.5 Å². The van der Waals surface area contributed by atoms with Gasteiger partial charge in [0.25, 0.3) is 0 Å². The van der Waals surface area contributed by atoms with Crippen molar-refractivity contribution in [2.45, 2.75) is 13.3 Å². The smallest absolute Gasteiger partial charge is 0.0433 e. The Morgan fingerprint density at radius 2 is 2.00 bits per heavy atom. The molecule has 0 unspecified atom stereocenters. The summed E-state index contributed by atoms with van der Waals surface area (Å²) in [6, 6.07) is 10.4. The summed E-state index contributed by atoms with van der Waals surface area (Å²) in [6.45, 7) is 3.05. The van der Waals surface area contributed by atoms with Gasteiger partial charge in [0, 0.05) is 12.3 Å². The van der Waals surface area contributed by atoms with Gasteiger partial charge in [-0.1, -0.05) is 30.3 Å². The van der Waals surface area contributed by atoms with E-state index < -0.39 is 0 Å². The third-order valence-corrected chi connectivity index (χ3v) is 2.34. The zero-order chi connectivity index (χ0) is 9.10. The monoisotopic (exact) mass is 171 g/mol. The summed E-state index contributed by atoms with van der Waals surface area (Å²) in [7, 11) is 0. The van der Waals surface area contributed by atoms with Gasteiger partial charge in [-0.15, -0.1) is 0 Å². The average Bonchev–Trinajstić information content (AvgIpc) is 2.54. The first kappa shape index (κ1) is 8.24. The van der Waals surface area contributed by atoms with Crippen molar-refractivity contribution in [3.63, 3.8) is 0 Å². The quantitative estimate of drug-likeness (QED) is 0.616. The van der Waals surface area contributed by atoms with E-state index >= 15 is 0 Å². The topological polar surface area (TPSA) is 12.4 Å². The second kappa shape index (κ2) is 3.56. The van der Waals surface area contributed by atoms with Crippen LogP contribution in [0, 0.1) is 0 Å². The molecule has 1 aliphatic rings. The fourth-order valence-electron chi connectivity index (χ4n) is 1.55. The second-order valence-electron chi connectivity index (χ2n) is 3.30. The Kier molecular flexibility index (Phi) is 2.26. The Hall–Kier alpha value is -1.37. The van der Waals surface area contributed by atoms with Crippen LogP contribution in [0.5, 0.6) is 0 Å². The molecule has 1 aliphatic heterocycles. The molecule has 0 saturated carbocycles. The van der Waals surface area contributed by atoms with E-state index in [0.717, 1.165) is 13.0 Å². The lowest BCUT2D eigenvalue weighted by Gasteiger charge is -1.97. The van der Waals surface area contributed by atoms with E-state index in [1.54, 1.807) is 0 Å². The zero-order valence-electron chi connectivity index (χ0n) is 7.83. The molecule has 0 aliphatic carbocycles. The normalized spacial score (nSPS) is 19.2. The van der Waals surface area contributed by atoms with Crippen LogP contribution in [-0.4, -0.2) is 12.3 Å². The first-order chi connectivity index (χ1) is 6.36. The van der Waals surface area contributed by atoms with Gasteiger partial charge in [0.2, 0.25) is 0 Å². The average molecular weight is 171 g/mol. The van der Waals surface area contributed by atoms with Gasteiger partial charge >= 0.3 is 0 Å². The third-order valence-electron chi connectivity index (χ3n) is 2.34. The highest BCUT2D eigenvalue weighted by Gasteiger charge is 2.07. The Morgan fingerprint density at radius 1 is 1.23 bits per heavy atom. The van der Waals surface area contributed by atoms with Crippen LogP contribution in [0.4, 0.5) is 0 Å². The van der Waals surface area contributed by atoms with Crippen molar-refractivity contribution in [2.75, 3.05) is 6.54 Å². The number of hydrogen-bond donors (Lipinski definition) is 0. The lowest BCUT2D eigenvalue weighted by molar-refractivity contribution is 1.05. The highest BCUT2D eigenvalue weighted by molar-refractivity contribution is 6.03. The standard InChI is InChI=1S/C12H13N/c1-10-12(7-8-13-10)9-11-5-3-2-4-6-11/h2-6,9H,7-8H2,1H3/b12-9-. The van der Waals surface area contributed by atoms with E-state index in [4.69, 9.17) is 0 Å². The largest absolute Gasteiger partial charge is 0.289 e. The molecule has 2 rings (SSSR count). The highest BCUT2D eigenvalue weighted by Crippen LogP contribution is 2.16. The molecule has 0 saturated heterocycles. The molecule has 0 radical (unpaired) electrons. The Morgan fingerprint density at radius 3 is 2.62 bits per heavy atom. The number of nitrogens with zero attached hydrogens (tertiary/aromatic N) is 1. The van der Waals surface area contributed by atoms with Crippen molar-refractivity contribution in [1.82, 2.24) is 0 Å². The summed E-state index contributed by atoms with van der Waals surface area (Å²) in [5.74, 6) is 0. The second-order valence-corrected chi connectivity index (χ2v) is 3.30. The first-order valence-corrected chi connectivity index (χ1v) is 4.63. The lowest BCUT2D eigenvalue weighted by atomic mass is 10.1. The van der Waals surface area contributed by atoms with E-state index in [1.807, 2.05) is 6.07 Å². The van der Waals surface area contributed by atoms with Crippen LogP contribution in [-0.2, 0) is 0 Å². The van der Waals surface area contributed by atoms with E-state index in [1.165, 1.54) is 16.8 Å². The van der Waals surface area contributed by atoms with E-state index in [2.05, 4.69) is 42.3 Å². The Balaban J connectivity index is 2.26. The van der Waals surface area contributed by atoms with Gasteiger partial charge in [-0.2, -0.15) is 0 Å². The highest BCUT2D eigenvalue weighted by atomic mass is 14.8. The molecule has 0 N–H and O–H groups in total. The van der Waals surface area contributed by atoms with Crippen molar-refractivity contribution < 1.29 is 0 Å². The maximum absolute atomic E-state index is 4.36. The van der Waals surface area contributed by atoms with Crippen molar-refractivity contribution in [1.29, 1.82) is 0 Å². The third kappa shape index (κ3) is 1.86. The number of aliphatic imine (C=N–C) groups is 1. The molecule has 1 aromatic rings. The fourth-order valence-corrected chi connectivity index (χ4v) is 1.55. The summed E-state index contributed by atoms with van der Waals surface area (Å²) in [5.41, 5.74) is 3.85. The van der Waals surface area contributed by atoms with Gasteiger partial charge in [0.15, 0.2) is 0 Å². The van der Waals surface area contributed by atoms with Gasteiger partial charge in [0.1, 0.15) is 0 Å². The summed E-state index contributed by atoms with van der Waals surface area (Å²) in [5, 5.41) is 0. The molecule has 1 nitrogen and oxygen atoms in total. The number of hydrogen-bond acceptors (Lipinski definition) is 1. The van der Waals surface area contributed by atoms with Crippen LogP contribution >= 0.6 is 0 Å². The maximum Gasteiger partial charge on any atom is 0.0433 e. The molecule has 13 heavy (non-hydrogen) atoms. The van der Waals surface area contributed by atoms with Gasteiger partial charge < -0.3 is 0 Å². The Bertz CT molecular complexity index is 347. The minimum absolute atomic E-state index is 0.963. The minimum atomic E-state index is 0.963.